The van der Waals surface area contributed by atoms with Gasteiger partial charge in [-0.15, -0.1) is 0 Å². The summed E-state index contributed by atoms with van der Waals surface area (Å²) in [6.45, 7) is 0. The zero-order valence-corrected chi connectivity index (χ0v) is 17.9. The zero-order valence-electron chi connectivity index (χ0n) is 17.9. The maximum atomic E-state index is 12.4. The number of guanidine groups is 1. The van der Waals surface area contributed by atoms with Gasteiger partial charge in [-0.25, -0.2) is 9.79 Å². The first-order chi connectivity index (χ1) is 16.2. The molecule has 2 unspecified atom stereocenters. The second-order valence-corrected chi connectivity index (χ2v) is 7.76. The molecule has 1 aliphatic heterocycles. The average molecular weight is 466 g/mol. The Morgan fingerprint density at radius 2 is 1.82 bits per heavy atom. The fourth-order valence-electron chi connectivity index (χ4n) is 3.58. The van der Waals surface area contributed by atoms with Gasteiger partial charge in [0.2, 0.25) is 5.96 Å². The highest BCUT2D eigenvalue weighted by molar-refractivity contribution is 6.20. The highest BCUT2D eigenvalue weighted by atomic mass is 16.4. The van der Waals surface area contributed by atoms with Crippen LogP contribution in [-0.4, -0.2) is 58.0 Å². The van der Waals surface area contributed by atoms with Crippen LogP contribution in [0.4, 0.5) is 0 Å². The number of carboxylic acids is 2. The fraction of sp³-hybridized carbons (Fsp3) is 0.261. The summed E-state index contributed by atoms with van der Waals surface area (Å²) >= 11 is 0. The first-order valence-electron chi connectivity index (χ1n) is 10.3. The molecule has 176 valence electrons. The van der Waals surface area contributed by atoms with E-state index in [0.29, 0.717) is 17.7 Å². The number of allylic oxidation sites excluding steroid dienone is 3. The van der Waals surface area contributed by atoms with Crippen LogP contribution in [-0.2, 0) is 19.2 Å². The van der Waals surface area contributed by atoms with E-state index in [9.17, 15) is 29.1 Å². The van der Waals surface area contributed by atoms with Gasteiger partial charge in [-0.3, -0.25) is 14.4 Å². The molecule has 3 atom stereocenters. The summed E-state index contributed by atoms with van der Waals surface area (Å²) in [5.74, 6) is -4.89. The number of nitrogens with one attached hydrogen (secondary N) is 1. The normalized spacial score (nSPS) is 18.5. The van der Waals surface area contributed by atoms with Crippen LogP contribution in [0.15, 0.2) is 58.1 Å². The number of hydrogen-bond acceptors (Lipinski definition) is 7. The molecule has 5 N–H and O–H groups in total. The molecule has 11 heteroatoms. The Balaban J connectivity index is 1.67. The van der Waals surface area contributed by atoms with Gasteiger partial charge in [-0.2, -0.15) is 4.99 Å². The topological polar surface area (TPSA) is 189 Å². The van der Waals surface area contributed by atoms with Gasteiger partial charge in [0.05, 0.1) is 5.71 Å². The molecule has 1 heterocycles. The smallest absolute Gasteiger partial charge is 0.326 e. The molecule has 0 saturated heterocycles. The van der Waals surface area contributed by atoms with Crippen LogP contribution in [0.5, 0.6) is 0 Å². The summed E-state index contributed by atoms with van der Waals surface area (Å²) in [5.41, 5.74) is 7.53. The first-order valence-corrected chi connectivity index (χ1v) is 10.3. The third kappa shape index (κ3) is 5.88. The molecule has 3 rings (SSSR count). The van der Waals surface area contributed by atoms with Gasteiger partial charge in [0.15, 0.2) is 0 Å². The molecule has 1 aromatic rings. The summed E-state index contributed by atoms with van der Waals surface area (Å²) in [4.78, 5) is 65.9. The lowest BCUT2D eigenvalue weighted by atomic mass is 9.86. The average Bonchev–Trinajstić information content (AvgIpc) is 2.80. The number of amides is 2. The summed E-state index contributed by atoms with van der Waals surface area (Å²) in [6, 6.07) is 4.73. The van der Waals surface area contributed by atoms with E-state index in [4.69, 9.17) is 10.8 Å². The Bertz CT molecular complexity index is 1150. The Labute approximate surface area is 193 Å². The second kappa shape index (κ2) is 10.5. The van der Waals surface area contributed by atoms with Gasteiger partial charge in [0.1, 0.15) is 18.2 Å². The van der Waals surface area contributed by atoms with Crippen LogP contribution in [0.25, 0.3) is 0 Å². The summed E-state index contributed by atoms with van der Waals surface area (Å²) in [7, 11) is 0. The van der Waals surface area contributed by atoms with Crippen LogP contribution in [0.1, 0.15) is 41.1 Å². The number of carbonyl (C=O) groups excluding carboxylic acids is 3. The van der Waals surface area contributed by atoms with Crippen LogP contribution in [0.3, 0.4) is 0 Å². The minimum Gasteiger partial charge on any atom is -0.481 e. The molecule has 1 aromatic carbocycles. The molecule has 0 saturated carbocycles. The number of hydrogen-bond donors (Lipinski definition) is 4. The van der Waals surface area contributed by atoms with Crippen LogP contribution in [0, 0.1) is 5.92 Å². The van der Waals surface area contributed by atoms with Crippen LogP contribution < -0.4 is 11.1 Å². The number of nitrogens with zero attached hydrogens (tertiary/aromatic N) is 2. The zero-order chi connectivity index (χ0) is 24.8. The van der Waals surface area contributed by atoms with E-state index in [2.05, 4.69) is 15.3 Å². The largest absolute Gasteiger partial charge is 0.481 e. The molecule has 0 spiro atoms. The van der Waals surface area contributed by atoms with Crippen molar-refractivity contribution in [2.24, 2.45) is 21.6 Å². The van der Waals surface area contributed by atoms with Crippen molar-refractivity contribution in [3.8, 4) is 0 Å². The van der Waals surface area contributed by atoms with Gasteiger partial charge in [-0.1, -0.05) is 24.3 Å². The minimum absolute atomic E-state index is 0.0933. The number of aliphatic imine (C=N–C) groups is 2. The second-order valence-electron chi connectivity index (χ2n) is 7.76. The number of rotatable bonds is 10. The van der Waals surface area contributed by atoms with Crippen LogP contribution in [0.2, 0.25) is 0 Å². The van der Waals surface area contributed by atoms with E-state index < -0.39 is 48.1 Å². The van der Waals surface area contributed by atoms with Crippen molar-refractivity contribution < 1.29 is 34.2 Å². The lowest BCUT2D eigenvalue weighted by Crippen LogP contribution is -2.41. The summed E-state index contributed by atoms with van der Waals surface area (Å²) in [5, 5.41) is 20.2. The predicted octanol–water partition coefficient (Wildman–Crippen LogP) is 0.815. The summed E-state index contributed by atoms with van der Waals surface area (Å²) in [6.07, 6.45) is 5.52. The van der Waals surface area contributed by atoms with E-state index >= 15 is 0 Å². The highest BCUT2D eigenvalue weighted by Crippen LogP contribution is 2.28. The molecular weight excluding hydrogens is 444 g/mol. The maximum absolute atomic E-state index is 12.4. The standard InChI is InChI=1S/C23H22N4O7/c24-23-26-17-6-1-12(10-16(17)21(32)27-23)9-15(11-28)13-2-4-14(5-3-13)20(31)25-18(22(33)34)7-8-19(29)30/h1-6,10-11,15-16,18H,7-9H2,(H,25,31)(H,29,30)(H,33,34)(H2,24,27,32)/t15?,16?,18-/m0/s1. The number of fused-ring (bicyclic) bond motifs is 1. The van der Waals surface area contributed by atoms with Crippen molar-refractivity contribution in [1.82, 2.24) is 5.32 Å². The third-order valence-corrected chi connectivity index (χ3v) is 5.37. The minimum atomic E-state index is -1.34. The molecule has 34 heavy (non-hydrogen) atoms. The van der Waals surface area contributed by atoms with Crippen molar-refractivity contribution >= 4 is 41.7 Å². The number of benzene rings is 1. The Morgan fingerprint density at radius 3 is 2.44 bits per heavy atom. The Morgan fingerprint density at radius 1 is 1.12 bits per heavy atom. The number of nitrogens with two attached hydrogens (primary N) is 1. The SMILES string of the molecule is NC1=NC(=O)C2C=C(CC(C=O)c3ccc(C(=O)N[C@@H](CCC(=O)O)C(=O)O)cc3)C=CC2=N1. The maximum Gasteiger partial charge on any atom is 0.326 e. The molecule has 0 bridgehead atoms. The van der Waals surface area contributed by atoms with Crippen LogP contribution >= 0.6 is 0 Å². The van der Waals surface area contributed by atoms with Crippen molar-refractivity contribution in [1.29, 1.82) is 0 Å². The fourth-order valence-corrected chi connectivity index (χ4v) is 3.58. The quantitative estimate of drug-likeness (QED) is 0.364. The Hall–Kier alpha value is -4.41. The van der Waals surface area contributed by atoms with E-state index in [1.807, 2.05) is 0 Å². The molecular formula is C23H22N4O7. The molecule has 1 aliphatic carbocycles. The van der Waals surface area contributed by atoms with Gasteiger partial charge >= 0.3 is 11.9 Å². The number of carboxylic acid groups (broad SMARTS) is 2. The molecule has 0 aromatic heterocycles. The molecule has 2 aliphatic rings. The lowest BCUT2D eigenvalue weighted by molar-refractivity contribution is -0.140. The number of aliphatic carboxylic acids is 2. The van der Waals surface area contributed by atoms with Crippen molar-refractivity contribution in [2.75, 3.05) is 0 Å². The molecule has 2 amide bonds. The summed E-state index contributed by atoms with van der Waals surface area (Å²) < 4.78 is 0. The highest BCUT2D eigenvalue weighted by Gasteiger charge is 2.28. The molecule has 0 fully saturated rings. The van der Waals surface area contributed by atoms with Crippen molar-refractivity contribution in [2.45, 2.75) is 31.2 Å². The number of aldehydes is 1. The predicted molar refractivity (Wildman–Crippen MR) is 120 cm³/mol. The van der Waals surface area contributed by atoms with E-state index in [-0.39, 0.29) is 17.9 Å². The molecule has 11 nitrogen and oxygen atoms in total. The van der Waals surface area contributed by atoms with Crippen molar-refractivity contribution in [3.05, 3.63) is 59.2 Å². The lowest BCUT2D eigenvalue weighted by Gasteiger charge is -2.20. The van der Waals surface area contributed by atoms with Crippen molar-refractivity contribution in [3.63, 3.8) is 0 Å². The Kier molecular flexibility index (Phi) is 7.46. The molecule has 0 radical (unpaired) electrons. The van der Waals surface area contributed by atoms with Gasteiger partial charge in [0, 0.05) is 17.9 Å². The first kappa shape index (κ1) is 24.2. The monoisotopic (exact) mass is 466 g/mol. The van der Waals surface area contributed by atoms with Gasteiger partial charge in [0.25, 0.3) is 11.8 Å². The van der Waals surface area contributed by atoms with E-state index in [0.717, 1.165) is 11.9 Å². The third-order valence-electron chi connectivity index (χ3n) is 5.37. The van der Waals surface area contributed by atoms with E-state index in [1.54, 1.807) is 30.4 Å². The van der Waals surface area contributed by atoms with Gasteiger partial charge < -0.3 is 26.1 Å². The van der Waals surface area contributed by atoms with Gasteiger partial charge in [-0.05, 0) is 42.2 Å². The number of carbonyl (C=O) groups is 5. The van der Waals surface area contributed by atoms with E-state index in [1.165, 1.54) is 12.1 Å².